The van der Waals surface area contributed by atoms with Crippen LogP contribution in [0.2, 0.25) is 0 Å². The lowest BCUT2D eigenvalue weighted by Crippen LogP contribution is -2.57. The highest BCUT2D eigenvalue weighted by Gasteiger charge is 2.50. The van der Waals surface area contributed by atoms with Crippen LogP contribution in [0, 0.1) is 11.8 Å². The molecule has 0 aliphatic heterocycles. The Bertz CT molecular complexity index is 680. The maximum atomic E-state index is 4.51. The van der Waals surface area contributed by atoms with Crippen LogP contribution in [0.4, 0.5) is 0 Å². The van der Waals surface area contributed by atoms with E-state index in [9.17, 15) is 0 Å². The van der Waals surface area contributed by atoms with Crippen molar-refractivity contribution >= 4 is 0 Å². The third-order valence-electron chi connectivity index (χ3n) is 6.15. The van der Waals surface area contributed by atoms with E-state index in [0.717, 1.165) is 24.2 Å². The van der Waals surface area contributed by atoms with Gasteiger partial charge in [-0.15, -0.1) is 0 Å². The molecule has 0 radical (unpaired) electrons. The summed E-state index contributed by atoms with van der Waals surface area (Å²) in [6.07, 6.45) is 9.56. The second-order valence-corrected chi connectivity index (χ2v) is 8.06. The Morgan fingerprint density at radius 1 is 1.00 bits per heavy atom. The highest BCUT2D eigenvalue weighted by Crippen LogP contribution is 2.54. The van der Waals surface area contributed by atoms with E-state index in [1.165, 1.54) is 36.8 Å². The van der Waals surface area contributed by atoms with Crippen LogP contribution in [0.3, 0.4) is 0 Å². The van der Waals surface area contributed by atoms with Crippen molar-refractivity contribution in [3.05, 3.63) is 59.7 Å². The second-order valence-electron chi connectivity index (χ2n) is 8.06. The molecule has 132 valence electrons. The molecule has 4 atom stereocenters. The van der Waals surface area contributed by atoms with Crippen molar-refractivity contribution < 1.29 is 0 Å². The Balaban J connectivity index is 1.46. The van der Waals surface area contributed by atoms with Crippen molar-refractivity contribution in [1.82, 2.24) is 15.3 Å². The summed E-state index contributed by atoms with van der Waals surface area (Å²) in [4.78, 5) is 9.02. The Morgan fingerprint density at radius 2 is 1.68 bits per heavy atom. The van der Waals surface area contributed by atoms with Gasteiger partial charge in [0.1, 0.15) is 5.82 Å². The highest BCUT2D eigenvalue weighted by molar-refractivity contribution is 5.28. The number of hydrogen-bond acceptors (Lipinski definition) is 3. The molecule has 3 heteroatoms. The van der Waals surface area contributed by atoms with Crippen molar-refractivity contribution in [2.75, 3.05) is 0 Å². The maximum Gasteiger partial charge on any atom is 0.130 e. The van der Waals surface area contributed by atoms with Gasteiger partial charge in [0.2, 0.25) is 0 Å². The summed E-state index contributed by atoms with van der Waals surface area (Å²) < 4.78 is 0. The first-order valence-corrected chi connectivity index (χ1v) is 9.83. The van der Waals surface area contributed by atoms with Crippen LogP contribution in [-0.4, -0.2) is 16.0 Å². The summed E-state index contributed by atoms with van der Waals surface area (Å²) >= 11 is 0. The summed E-state index contributed by atoms with van der Waals surface area (Å²) in [7, 11) is 0. The van der Waals surface area contributed by atoms with E-state index in [4.69, 9.17) is 0 Å². The first-order valence-electron chi connectivity index (χ1n) is 9.83. The molecule has 2 aromatic rings. The van der Waals surface area contributed by atoms with Crippen LogP contribution < -0.4 is 5.32 Å². The molecule has 0 spiro atoms. The monoisotopic (exact) mass is 335 g/mol. The molecule has 25 heavy (non-hydrogen) atoms. The molecule has 3 nitrogen and oxygen atoms in total. The minimum atomic E-state index is 0.388. The molecule has 1 aromatic carbocycles. The van der Waals surface area contributed by atoms with Gasteiger partial charge in [-0.1, -0.05) is 57.0 Å². The van der Waals surface area contributed by atoms with Crippen LogP contribution in [0.15, 0.2) is 42.7 Å². The average Bonchev–Trinajstić information content (AvgIpc) is 2.64. The third-order valence-corrected chi connectivity index (χ3v) is 6.15. The Labute approximate surface area is 151 Å². The van der Waals surface area contributed by atoms with Gasteiger partial charge in [0.05, 0.1) is 0 Å². The fourth-order valence-electron chi connectivity index (χ4n) is 4.87. The van der Waals surface area contributed by atoms with E-state index in [0.29, 0.717) is 17.9 Å². The number of nitrogens with one attached hydrogen (secondary N) is 1. The van der Waals surface area contributed by atoms with Gasteiger partial charge in [0.15, 0.2) is 0 Å². The van der Waals surface area contributed by atoms with E-state index < -0.39 is 0 Å². The van der Waals surface area contributed by atoms with Crippen molar-refractivity contribution in [3.8, 4) is 0 Å². The van der Waals surface area contributed by atoms with Gasteiger partial charge < -0.3 is 5.32 Å². The quantitative estimate of drug-likeness (QED) is 0.863. The highest BCUT2D eigenvalue weighted by atomic mass is 15.0. The summed E-state index contributed by atoms with van der Waals surface area (Å²) in [6, 6.07) is 11.7. The van der Waals surface area contributed by atoms with E-state index >= 15 is 0 Å². The van der Waals surface area contributed by atoms with Crippen molar-refractivity contribution in [3.63, 3.8) is 0 Å². The lowest BCUT2D eigenvalue weighted by atomic mass is 9.53. The Morgan fingerprint density at radius 3 is 2.36 bits per heavy atom. The van der Waals surface area contributed by atoms with Gasteiger partial charge >= 0.3 is 0 Å². The number of benzene rings is 1. The van der Waals surface area contributed by atoms with Crippen molar-refractivity contribution in [2.45, 2.75) is 64.0 Å². The molecule has 1 aromatic heterocycles. The predicted octanol–water partition coefficient (Wildman–Crippen LogP) is 4.66. The lowest BCUT2D eigenvalue weighted by molar-refractivity contribution is 0.0254. The van der Waals surface area contributed by atoms with Gasteiger partial charge in [0.25, 0.3) is 0 Å². The van der Waals surface area contributed by atoms with Crippen molar-refractivity contribution in [1.29, 1.82) is 0 Å². The summed E-state index contributed by atoms with van der Waals surface area (Å²) in [6.45, 7) is 5.14. The number of rotatable bonds is 5. The van der Waals surface area contributed by atoms with E-state index in [2.05, 4.69) is 59.5 Å². The summed E-state index contributed by atoms with van der Waals surface area (Å²) in [5.41, 5.74) is 2.70. The van der Waals surface area contributed by atoms with Crippen LogP contribution in [0.1, 0.15) is 68.3 Å². The smallest absolute Gasteiger partial charge is 0.130 e. The molecule has 2 fully saturated rings. The molecule has 2 aliphatic carbocycles. The molecular formula is C22H29N3. The largest absolute Gasteiger partial charge is 0.309 e. The normalized spacial score (nSPS) is 28.4. The molecule has 2 saturated carbocycles. The van der Waals surface area contributed by atoms with Gasteiger partial charge in [0, 0.05) is 42.4 Å². The molecule has 2 aliphatic rings. The fourth-order valence-corrected chi connectivity index (χ4v) is 4.87. The number of hydrogen-bond donors (Lipinski definition) is 1. The van der Waals surface area contributed by atoms with Gasteiger partial charge in [-0.25, -0.2) is 9.97 Å². The zero-order chi connectivity index (χ0) is 17.2. The minimum absolute atomic E-state index is 0.388. The minimum Gasteiger partial charge on any atom is -0.309 e. The molecule has 4 rings (SSSR count). The zero-order valence-corrected chi connectivity index (χ0v) is 15.4. The molecule has 0 unspecified atom stereocenters. The number of nitrogens with zero attached hydrogens (tertiary/aromatic N) is 2. The van der Waals surface area contributed by atoms with Crippen LogP contribution in [-0.2, 0) is 6.54 Å². The first kappa shape index (κ1) is 16.7. The van der Waals surface area contributed by atoms with Crippen LogP contribution >= 0.6 is 0 Å². The molecule has 0 amide bonds. The van der Waals surface area contributed by atoms with Crippen LogP contribution in [0.5, 0.6) is 0 Å². The van der Waals surface area contributed by atoms with E-state index in [-0.39, 0.29) is 0 Å². The number of fused-ring (bicyclic) bond motifs is 1. The first-order chi connectivity index (χ1) is 12.2. The fraction of sp³-hybridized carbons (Fsp3) is 0.545. The molecule has 0 saturated heterocycles. The molecule has 0 bridgehead atoms. The Kier molecular flexibility index (Phi) is 4.85. The zero-order valence-electron chi connectivity index (χ0n) is 15.4. The maximum absolute atomic E-state index is 4.51. The van der Waals surface area contributed by atoms with Crippen LogP contribution in [0.25, 0.3) is 0 Å². The average molecular weight is 335 g/mol. The second kappa shape index (κ2) is 7.25. The molecular weight excluding hydrogens is 306 g/mol. The van der Waals surface area contributed by atoms with E-state index in [1.54, 1.807) is 0 Å². The summed E-state index contributed by atoms with van der Waals surface area (Å²) in [5, 5.41) is 3.85. The number of aromatic nitrogens is 2. The molecule has 1 heterocycles. The molecule has 1 N–H and O–H groups in total. The van der Waals surface area contributed by atoms with Gasteiger partial charge in [-0.05, 0) is 30.2 Å². The van der Waals surface area contributed by atoms with Gasteiger partial charge in [-0.2, -0.15) is 0 Å². The predicted molar refractivity (Wildman–Crippen MR) is 101 cm³/mol. The lowest BCUT2D eigenvalue weighted by Gasteiger charge is -2.55. The topological polar surface area (TPSA) is 37.8 Å². The Hall–Kier alpha value is -1.74. The summed E-state index contributed by atoms with van der Waals surface area (Å²) in [5.74, 6) is 3.70. The third kappa shape index (κ3) is 3.35. The standard InChI is InChI=1S/C22H29N3/c1-15(2)22-24-13-16(14-25-22)12-23-21-19-11-7-6-10-18(19)20(21)17-8-4-3-5-9-17/h3-5,8-9,13-15,18-21,23H,6-7,10-12H2,1-2H3/t18-,19+,20+,21+/m1/s1. The van der Waals surface area contributed by atoms with Gasteiger partial charge in [-0.3, -0.25) is 0 Å². The van der Waals surface area contributed by atoms with Crippen molar-refractivity contribution in [2.24, 2.45) is 11.8 Å². The van der Waals surface area contributed by atoms with E-state index in [1.807, 2.05) is 12.4 Å². The SMILES string of the molecule is CC(C)c1ncc(CN[C@H]2[C@H]3CCCC[C@H]3[C@@H]2c2ccccc2)cn1.